The Hall–Kier alpha value is -1.90. The van der Waals surface area contributed by atoms with Gasteiger partial charge in [0.1, 0.15) is 6.07 Å². The van der Waals surface area contributed by atoms with Gasteiger partial charge in [-0.05, 0) is 38.0 Å². The number of morpholine rings is 1. The summed E-state index contributed by atoms with van der Waals surface area (Å²) in [5.74, 6) is 0.00126. The van der Waals surface area contributed by atoms with Gasteiger partial charge in [0, 0.05) is 31.2 Å². The first-order valence-corrected chi connectivity index (χ1v) is 7.82. The first-order valence-electron chi connectivity index (χ1n) is 7.82. The lowest BCUT2D eigenvalue weighted by atomic mass is 10.1. The Morgan fingerprint density at radius 1 is 1.50 bits per heavy atom. The quantitative estimate of drug-likeness (QED) is 0.843. The minimum atomic E-state index is 0.00126. The molecule has 116 valence electrons. The smallest absolute Gasteiger partial charge is 0.159 e. The van der Waals surface area contributed by atoms with Crippen molar-refractivity contribution in [3.8, 4) is 6.07 Å². The largest absolute Gasteiger partial charge is 0.381 e. The van der Waals surface area contributed by atoms with Crippen molar-refractivity contribution < 1.29 is 9.53 Å². The number of carbonyl (C=O) groups excluding carboxylic acids is 1. The maximum Gasteiger partial charge on any atom is 0.159 e. The molecule has 1 N–H and O–H groups in total. The topological polar surface area (TPSA) is 65.4 Å². The van der Waals surface area contributed by atoms with E-state index in [1.165, 1.54) is 19.8 Å². The van der Waals surface area contributed by atoms with Crippen LogP contribution in [0, 0.1) is 11.3 Å². The molecule has 5 nitrogen and oxygen atoms in total. The van der Waals surface area contributed by atoms with Gasteiger partial charge in [-0.25, -0.2) is 0 Å². The molecule has 1 aliphatic carbocycles. The van der Waals surface area contributed by atoms with E-state index < -0.39 is 0 Å². The average Bonchev–Trinajstić information content (AvgIpc) is 3.37. The molecule has 0 amide bonds. The second kappa shape index (κ2) is 6.47. The summed E-state index contributed by atoms with van der Waals surface area (Å²) in [7, 11) is 0. The van der Waals surface area contributed by atoms with Crippen LogP contribution in [0.3, 0.4) is 0 Å². The minimum Gasteiger partial charge on any atom is -0.381 e. The first kappa shape index (κ1) is 15.0. The highest BCUT2D eigenvalue weighted by molar-refractivity contribution is 5.95. The van der Waals surface area contributed by atoms with Gasteiger partial charge in [0.2, 0.25) is 0 Å². The Balaban J connectivity index is 1.63. The zero-order valence-electron chi connectivity index (χ0n) is 12.8. The van der Waals surface area contributed by atoms with Crippen molar-refractivity contribution in [2.24, 2.45) is 0 Å². The summed E-state index contributed by atoms with van der Waals surface area (Å²) in [6.45, 7) is 4.90. The Morgan fingerprint density at radius 3 is 3.00 bits per heavy atom. The van der Waals surface area contributed by atoms with Crippen molar-refractivity contribution in [2.75, 3.05) is 31.6 Å². The third kappa shape index (κ3) is 3.46. The standard InChI is InChI=1S/C17H21N3O2/c1-12(21)13-2-3-14(9-18)17(8-13)19-10-16-11-20(6-7-22-16)15-4-5-15/h2-3,8,15-16,19H,4-7,10-11H2,1H3. The number of hydrogen-bond acceptors (Lipinski definition) is 5. The van der Waals surface area contributed by atoms with Gasteiger partial charge in [0.15, 0.2) is 5.78 Å². The molecule has 2 aliphatic rings. The molecule has 0 aromatic heterocycles. The van der Waals surface area contributed by atoms with Crippen LogP contribution < -0.4 is 5.32 Å². The highest BCUT2D eigenvalue weighted by Crippen LogP contribution is 2.28. The molecule has 1 aliphatic heterocycles. The molecule has 0 bridgehead atoms. The predicted octanol–water partition coefficient (Wildman–Crippen LogP) is 2.04. The lowest BCUT2D eigenvalue weighted by Gasteiger charge is -2.33. The van der Waals surface area contributed by atoms with E-state index in [1.54, 1.807) is 18.2 Å². The van der Waals surface area contributed by atoms with Crippen LogP contribution in [0.15, 0.2) is 18.2 Å². The number of nitriles is 1. The summed E-state index contributed by atoms with van der Waals surface area (Å²) < 4.78 is 5.81. The fourth-order valence-corrected chi connectivity index (χ4v) is 2.87. The first-order chi connectivity index (χ1) is 10.7. The number of ketones is 1. The number of carbonyl (C=O) groups is 1. The number of ether oxygens (including phenoxy) is 1. The Kier molecular flexibility index (Phi) is 4.41. The van der Waals surface area contributed by atoms with Gasteiger partial charge in [0.25, 0.3) is 0 Å². The Morgan fingerprint density at radius 2 is 2.32 bits per heavy atom. The van der Waals surface area contributed by atoms with Gasteiger partial charge in [-0.3, -0.25) is 9.69 Å². The molecular formula is C17H21N3O2. The highest BCUT2D eigenvalue weighted by atomic mass is 16.5. The minimum absolute atomic E-state index is 0.00126. The van der Waals surface area contributed by atoms with Crippen LogP contribution in [0.1, 0.15) is 35.7 Å². The highest BCUT2D eigenvalue weighted by Gasteiger charge is 2.32. The summed E-state index contributed by atoms with van der Waals surface area (Å²) >= 11 is 0. The molecule has 1 unspecified atom stereocenters. The third-order valence-electron chi connectivity index (χ3n) is 4.30. The Labute approximate surface area is 130 Å². The molecule has 2 fully saturated rings. The summed E-state index contributed by atoms with van der Waals surface area (Å²) in [6, 6.07) is 8.05. The molecule has 5 heteroatoms. The molecule has 1 aromatic rings. The number of nitrogens with zero attached hydrogens (tertiary/aromatic N) is 2. The van der Waals surface area contributed by atoms with Crippen LogP contribution >= 0.6 is 0 Å². The normalized spacial score (nSPS) is 22.1. The van der Waals surface area contributed by atoms with Crippen LogP contribution in [0.4, 0.5) is 5.69 Å². The van der Waals surface area contributed by atoms with Crippen LogP contribution in [-0.4, -0.2) is 49.1 Å². The van der Waals surface area contributed by atoms with E-state index in [-0.39, 0.29) is 11.9 Å². The monoisotopic (exact) mass is 299 g/mol. The summed E-state index contributed by atoms with van der Waals surface area (Å²) in [6.07, 6.45) is 2.74. The van der Waals surface area contributed by atoms with Crippen LogP contribution in [0.5, 0.6) is 0 Å². The number of hydrogen-bond donors (Lipinski definition) is 1. The Bertz CT molecular complexity index is 604. The van der Waals surface area contributed by atoms with E-state index in [9.17, 15) is 10.1 Å². The maximum atomic E-state index is 11.5. The number of rotatable bonds is 5. The van der Waals surface area contributed by atoms with Crippen LogP contribution in [-0.2, 0) is 4.74 Å². The maximum absolute atomic E-state index is 11.5. The lowest BCUT2D eigenvalue weighted by Crippen LogP contribution is -2.46. The van der Waals surface area contributed by atoms with Crippen molar-refractivity contribution in [3.05, 3.63) is 29.3 Å². The van der Waals surface area contributed by atoms with Crippen molar-refractivity contribution in [3.63, 3.8) is 0 Å². The van der Waals surface area contributed by atoms with E-state index >= 15 is 0 Å². The summed E-state index contributed by atoms with van der Waals surface area (Å²) in [4.78, 5) is 14.0. The van der Waals surface area contributed by atoms with E-state index in [4.69, 9.17) is 4.74 Å². The second-order valence-electron chi connectivity index (χ2n) is 6.03. The molecule has 0 spiro atoms. The SMILES string of the molecule is CC(=O)c1ccc(C#N)c(NCC2CN(C3CC3)CCO2)c1. The van der Waals surface area contributed by atoms with Crippen molar-refractivity contribution >= 4 is 11.5 Å². The molecule has 1 heterocycles. The van der Waals surface area contributed by atoms with Crippen molar-refractivity contribution in [1.82, 2.24) is 4.90 Å². The molecule has 3 rings (SSSR count). The summed E-state index contributed by atoms with van der Waals surface area (Å²) in [5, 5.41) is 12.5. The van der Waals surface area contributed by atoms with Gasteiger partial charge < -0.3 is 10.1 Å². The molecule has 1 saturated carbocycles. The van der Waals surface area contributed by atoms with Crippen LogP contribution in [0.2, 0.25) is 0 Å². The number of nitrogens with one attached hydrogen (secondary N) is 1. The molecular weight excluding hydrogens is 278 g/mol. The molecule has 1 aromatic carbocycles. The zero-order valence-corrected chi connectivity index (χ0v) is 12.8. The lowest BCUT2D eigenvalue weighted by molar-refractivity contribution is -0.0241. The van der Waals surface area contributed by atoms with E-state index in [0.717, 1.165) is 25.7 Å². The van der Waals surface area contributed by atoms with E-state index in [2.05, 4.69) is 16.3 Å². The predicted molar refractivity (Wildman–Crippen MR) is 84.0 cm³/mol. The molecule has 1 saturated heterocycles. The molecule has 0 radical (unpaired) electrons. The van der Waals surface area contributed by atoms with Crippen LogP contribution in [0.25, 0.3) is 0 Å². The number of Topliss-reactive ketones (excluding diaryl/α,β-unsaturated/α-hetero) is 1. The van der Waals surface area contributed by atoms with Gasteiger partial charge in [-0.1, -0.05) is 0 Å². The number of benzene rings is 1. The third-order valence-corrected chi connectivity index (χ3v) is 4.30. The molecule has 22 heavy (non-hydrogen) atoms. The van der Waals surface area contributed by atoms with Gasteiger partial charge in [0.05, 0.1) is 24.0 Å². The fourth-order valence-electron chi connectivity index (χ4n) is 2.87. The van der Waals surface area contributed by atoms with Crippen molar-refractivity contribution in [2.45, 2.75) is 31.9 Å². The molecule has 1 atom stereocenters. The second-order valence-corrected chi connectivity index (χ2v) is 6.03. The fraction of sp³-hybridized carbons (Fsp3) is 0.529. The van der Waals surface area contributed by atoms with Crippen molar-refractivity contribution in [1.29, 1.82) is 5.26 Å². The van der Waals surface area contributed by atoms with Gasteiger partial charge in [-0.2, -0.15) is 5.26 Å². The number of anilines is 1. The zero-order chi connectivity index (χ0) is 15.5. The van der Waals surface area contributed by atoms with Gasteiger partial charge >= 0.3 is 0 Å². The van der Waals surface area contributed by atoms with E-state index in [1.807, 2.05) is 0 Å². The van der Waals surface area contributed by atoms with E-state index in [0.29, 0.717) is 23.4 Å². The van der Waals surface area contributed by atoms with Gasteiger partial charge in [-0.15, -0.1) is 0 Å². The summed E-state index contributed by atoms with van der Waals surface area (Å²) in [5.41, 5.74) is 1.88. The average molecular weight is 299 g/mol.